The molecule has 0 amide bonds. The first-order valence-electron chi connectivity index (χ1n) is 4.02. The molecule has 1 aromatic heterocycles. The lowest BCUT2D eigenvalue weighted by atomic mass is 10.1. The second-order valence-corrected chi connectivity index (χ2v) is 3.85. The third-order valence-corrected chi connectivity index (χ3v) is 2.31. The van der Waals surface area contributed by atoms with Crippen molar-refractivity contribution in [2.45, 2.75) is 0 Å². The number of anilines is 1. The van der Waals surface area contributed by atoms with E-state index in [1.807, 2.05) is 0 Å². The molecule has 0 saturated carbocycles. The van der Waals surface area contributed by atoms with Gasteiger partial charge in [0.2, 0.25) is 0 Å². The van der Waals surface area contributed by atoms with Crippen molar-refractivity contribution in [3.05, 3.63) is 22.7 Å². The predicted molar refractivity (Wildman–Crippen MR) is 57.4 cm³/mol. The average molecular weight is 271 g/mol. The molecule has 15 heavy (non-hydrogen) atoms. The van der Waals surface area contributed by atoms with E-state index in [1.165, 1.54) is 12.1 Å². The molecule has 0 aliphatic rings. The van der Waals surface area contributed by atoms with Crippen LogP contribution in [0.5, 0.6) is 11.5 Å². The molecule has 0 aliphatic carbocycles. The number of nitrogen functional groups attached to an aromatic ring is 1. The topological polar surface area (TPSA) is 92.5 Å². The normalized spacial score (nSPS) is 10.5. The highest BCUT2D eigenvalue weighted by atomic mass is 79.9. The summed E-state index contributed by atoms with van der Waals surface area (Å²) in [4.78, 5) is 0. The number of rotatable bonds is 1. The van der Waals surface area contributed by atoms with E-state index >= 15 is 0 Å². The quantitative estimate of drug-likeness (QED) is 0.690. The van der Waals surface area contributed by atoms with Gasteiger partial charge in [0.15, 0.2) is 23.1 Å². The van der Waals surface area contributed by atoms with Crippen LogP contribution in [0.2, 0.25) is 0 Å². The highest BCUT2D eigenvalue weighted by Gasteiger charge is 2.14. The summed E-state index contributed by atoms with van der Waals surface area (Å²) in [5.74, 6) is -0.00541. The number of aromatic nitrogens is 1. The van der Waals surface area contributed by atoms with Crippen LogP contribution in [0.25, 0.3) is 11.3 Å². The highest BCUT2D eigenvalue weighted by Crippen LogP contribution is 2.39. The van der Waals surface area contributed by atoms with Gasteiger partial charge in [-0.2, -0.15) is 0 Å². The van der Waals surface area contributed by atoms with Gasteiger partial charge in [-0.15, -0.1) is 0 Å². The van der Waals surface area contributed by atoms with Crippen LogP contribution in [0, 0.1) is 0 Å². The smallest absolute Gasteiger partial charge is 0.172 e. The highest BCUT2D eigenvalue weighted by molar-refractivity contribution is 9.10. The minimum Gasteiger partial charge on any atom is -0.504 e. The molecule has 1 heterocycles. The van der Waals surface area contributed by atoms with Crippen molar-refractivity contribution in [2.24, 2.45) is 0 Å². The Hall–Kier alpha value is -1.69. The lowest BCUT2D eigenvalue weighted by Crippen LogP contribution is -1.80. The van der Waals surface area contributed by atoms with E-state index in [-0.39, 0.29) is 17.3 Å². The zero-order chi connectivity index (χ0) is 11.0. The third kappa shape index (κ3) is 1.75. The predicted octanol–water partition coefficient (Wildman–Crippen LogP) is 2.10. The van der Waals surface area contributed by atoms with Gasteiger partial charge in [0.1, 0.15) is 0 Å². The lowest BCUT2D eigenvalue weighted by Gasteiger charge is -2.03. The second kappa shape index (κ2) is 3.47. The molecule has 0 fully saturated rings. The molecule has 2 aromatic rings. The molecule has 5 nitrogen and oxygen atoms in total. The van der Waals surface area contributed by atoms with Crippen LogP contribution < -0.4 is 5.73 Å². The maximum Gasteiger partial charge on any atom is 0.172 e. The summed E-state index contributed by atoms with van der Waals surface area (Å²) >= 11 is 3.19. The first-order chi connectivity index (χ1) is 7.08. The van der Waals surface area contributed by atoms with Gasteiger partial charge in [0.05, 0.1) is 5.56 Å². The van der Waals surface area contributed by atoms with Gasteiger partial charge in [-0.05, 0) is 12.1 Å². The zero-order valence-electron chi connectivity index (χ0n) is 7.44. The van der Waals surface area contributed by atoms with Gasteiger partial charge < -0.3 is 20.5 Å². The summed E-state index contributed by atoms with van der Waals surface area (Å²) in [6.45, 7) is 0. The third-order valence-electron chi connectivity index (χ3n) is 1.85. The number of aromatic hydroxyl groups is 2. The molecule has 0 atom stereocenters. The number of benzene rings is 1. The van der Waals surface area contributed by atoms with Crippen LogP contribution in [0.3, 0.4) is 0 Å². The molecular formula is C9H7BrN2O3. The largest absolute Gasteiger partial charge is 0.504 e. The number of phenols is 2. The molecule has 0 radical (unpaired) electrons. The number of nitrogens with zero attached hydrogens (tertiary/aromatic N) is 1. The maximum atomic E-state index is 9.59. The van der Waals surface area contributed by atoms with Crippen molar-refractivity contribution in [2.75, 3.05) is 5.73 Å². The first kappa shape index (κ1) is 9.85. The van der Waals surface area contributed by atoms with Crippen molar-refractivity contribution >= 4 is 21.7 Å². The van der Waals surface area contributed by atoms with E-state index in [0.29, 0.717) is 15.8 Å². The van der Waals surface area contributed by atoms with Gasteiger partial charge in [0, 0.05) is 10.5 Å². The molecule has 1 aromatic carbocycles. The molecule has 6 heteroatoms. The van der Waals surface area contributed by atoms with E-state index in [4.69, 9.17) is 10.3 Å². The SMILES string of the molecule is Nc1cc(-c2cc(Br)cc(O)c2O)on1. The number of hydrogen-bond acceptors (Lipinski definition) is 5. The molecule has 0 spiro atoms. The number of hydrogen-bond donors (Lipinski definition) is 3. The van der Waals surface area contributed by atoms with Gasteiger partial charge >= 0.3 is 0 Å². The summed E-state index contributed by atoms with van der Waals surface area (Å²) in [6.07, 6.45) is 0. The van der Waals surface area contributed by atoms with Crippen LogP contribution in [0.4, 0.5) is 5.82 Å². The molecule has 4 N–H and O–H groups in total. The van der Waals surface area contributed by atoms with Crippen molar-refractivity contribution < 1.29 is 14.7 Å². The minimum atomic E-state index is -0.269. The molecular weight excluding hydrogens is 264 g/mol. The summed E-state index contributed by atoms with van der Waals surface area (Å²) in [6, 6.07) is 4.43. The van der Waals surface area contributed by atoms with Gasteiger partial charge in [-0.25, -0.2) is 0 Å². The van der Waals surface area contributed by atoms with Gasteiger partial charge in [-0.1, -0.05) is 21.1 Å². The Balaban J connectivity index is 2.62. The van der Waals surface area contributed by atoms with E-state index in [2.05, 4.69) is 21.1 Å². The summed E-state index contributed by atoms with van der Waals surface area (Å²) in [7, 11) is 0. The van der Waals surface area contributed by atoms with Crippen LogP contribution in [0.1, 0.15) is 0 Å². The zero-order valence-corrected chi connectivity index (χ0v) is 9.02. The number of nitrogens with two attached hydrogens (primary N) is 1. The fourth-order valence-corrected chi connectivity index (χ4v) is 1.63. The standard InChI is InChI=1S/C9H7BrN2O3/c10-4-1-5(9(14)6(13)2-4)7-3-8(11)12-15-7/h1-3,13-14H,(H2,11,12). The van der Waals surface area contributed by atoms with Gasteiger partial charge in [0.25, 0.3) is 0 Å². The van der Waals surface area contributed by atoms with E-state index in [0.717, 1.165) is 0 Å². The molecule has 0 unspecified atom stereocenters. The van der Waals surface area contributed by atoms with Crippen LogP contribution >= 0.6 is 15.9 Å². The molecule has 0 aliphatic heterocycles. The Morgan fingerprint density at radius 2 is 2.00 bits per heavy atom. The monoisotopic (exact) mass is 270 g/mol. The Labute approximate surface area is 93.2 Å². The van der Waals surface area contributed by atoms with Crippen LogP contribution in [-0.4, -0.2) is 15.4 Å². The van der Waals surface area contributed by atoms with Crippen molar-refractivity contribution in [3.8, 4) is 22.8 Å². The van der Waals surface area contributed by atoms with E-state index in [1.54, 1.807) is 6.07 Å². The maximum absolute atomic E-state index is 9.59. The summed E-state index contributed by atoms with van der Waals surface area (Å²) in [5.41, 5.74) is 5.71. The average Bonchev–Trinajstić information content (AvgIpc) is 2.58. The Bertz CT molecular complexity index is 510. The van der Waals surface area contributed by atoms with Gasteiger partial charge in [-0.3, -0.25) is 0 Å². The Morgan fingerprint density at radius 3 is 2.60 bits per heavy atom. The molecule has 0 bridgehead atoms. The second-order valence-electron chi connectivity index (χ2n) is 2.94. The van der Waals surface area contributed by atoms with Crippen LogP contribution in [-0.2, 0) is 0 Å². The number of halogens is 1. The van der Waals surface area contributed by atoms with E-state index in [9.17, 15) is 10.2 Å². The van der Waals surface area contributed by atoms with Crippen molar-refractivity contribution in [1.29, 1.82) is 0 Å². The molecule has 2 rings (SSSR count). The summed E-state index contributed by atoms with van der Waals surface area (Å²) in [5, 5.41) is 22.4. The van der Waals surface area contributed by atoms with Crippen molar-refractivity contribution in [3.63, 3.8) is 0 Å². The Kier molecular flexibility index (Phi) is 2.28. The molecule has 78 valence electrons. The first-order valence-corrected chi connectivity index (χ1v) is 4.81. The van der Waals surface area contributed by atoms with Crippen LogP contribution in [0.15, 0.2) is 27.2 Å². The lowest BCUT2D eigenvalue weighted by molar-refractivity contribution is 0.398. The minimum absolute atomic E-state index is 0.212. The Morgan fingerprint density at radius 1 is 1.27 bits per heavy atom. The fraction of sp³-hybridized carbons (Fsp3) is 0. The molecule has 0 saturated heterocycles. The van der Waals surface area contributed by atoms with Crippen molar-refractivity contribution in [1.82, 2.24) is 5.16 Å². The van der Waals surface area contributed by atoms with E-state index < -0.39 is 0 Å². The summed E-state index contributed by atoms with van der Waals surface area (Å²) < 4.78 is 5.49. The fourth-order valence-electron chi connectivity index (χ4n) is 1.19. The number of phenolic OH excluding ortho intramolecular Hbond substituents is 2.